The molecule has 0 radical (unpaired) electrons. The third-order valence-corrected chi connectivity index (χ3v) is 6.51. The zero-order valence-electron chi connectivity index (χ0n) is 21.5. The fraction of sp³-hybridized carbons (Fsp3) is 0.462. The third kappa shape index (κ3) is 8.37. The maximum absolute atomic E-state index is 13.9. The molecule has 2 unspecified atom stereocenters. The van der Waals surface area contributed by atoms with Crippen LogP contribution in [0, 0.1) is 46.7 Å². The van der Waals surface area contributed by atoms with Gasteiger partial charge in [0.1, 0.15) is 24.0 Å². The van der Waals surface area contributed by atoms with Crippen LogP contribution in [0.3, 0.4) is 0 Å². The normalized spacial score (nSPS) is 17.4. The predicted molar refractivity (Wildman–Crippen MR) is 127 cm³/mol. The smallest absolute Gasteiger partial charge is 0.414 e. The third-order valence-electron chi connectivity index (χ3n) is 6.51. The summed E-state index contributed by atoms with van der Waals surface area (Å²) in [6.07, 6.45) is -3.30. The van der Waals surface area contributed by atoms with Crippen LogP contribution in [0.5, 0.6) is 0 Å². The van der Waals surface area contributed by atoms with Gasteiger partial charge in [0.25, 0.3) is 0 Å². The van der Waals surface area contributed by atoms with Crippen LogP contribution in [0.25, 0.3) is 0 Å². The summed E-state index contributed by atoms with van der Waals surface area (Å²) in [6.45, 7) is 7.44. The molecule has 40 heavy (non-hydrogen) atoms. The number of aliphatic carboxylic acids is 2. The zero-order valence-corrected chi connectivity index (χ0v) is 21.5. The summed E-state index contributed by atoms with van der Waals surface area (Å²) < 4.78 is 106. The quantitative estimate of drug-likeness (QED) is 0.273. The Bertz CT molecular complexity index is 1100. The van der Waals surface area contributed by atoms with E-state index in [0.717, 1.165) is 25.2 Å². The highest BCUT2D eigenvalue weighted by molar-refractivity contribution is 6.27. The summed E-state index contributed by atoms with van der Waals surface area (Å²) in [6, 6.07) is 2.31. The molecular formula is C26H28F8N2O4. The van der Waals surface area contributed by atoms with Gasteiger partial charge in [0, 0.05) is 61.3 Å². The summed E-state index contributed by atoms with van der Waals surface area (Å²) in [7, 11) is 0. The maximum Gasteiger partial charge on any atom is 0.414 e. The minimum absolute atomic E-state index is 0.384. The van der Waals surface area contributed by atoms with Crippen molar-refractivity contribution < 1.29 is 54.9 Å². The standard InChI is InChI=1S/2C12H13F4N.C2H2O4/c2*1-2-17-5-7(6-17)11(15)9-3-8(13)4-10(14)12(9)16;3-1(4)2(5)6/h2*3-4,7,11H,2,5-6H2,1H3;(H,3,4)(H,5,6). The second-order valence-corrected chi connectivity index (χ2v) is 9.22. The summed E-state index contributed by atoms with van der Waals surface area (Å²) in [4.78, 5) is 22.2. The minimum atomic E-state index is -1.82. The number of rotatable bonds is 6. The van der Waals surface area contributed by atoms with Crippen molar-refractivity contribution >= 4 is 11.9 Å². The Morgan fingerprint density at radius 2 is 1.00 bits per heavy atom. The van der Waals surface area contributed by atoms with Gasteiger partial charge in [0.05, 0.1) is 0 Å². The van der Waals surface area contributed by atoms with Crippen molar-refractivity contribution in [2.45, 2.75) is 26.2 Å². The van der Waals surface area contributed by atoms with Crippen LogP contribution in [-0.2, 0) is 9.59 Å². The largest absolute Gasteiger partial charge is 0.473 e. The molecule has 222 valence electrons. The number of alkyl halides is 2. The number of carboxylic acid groups (broad SMARTS) is 2. The van der Waals surface area contributed by atoms with Crippen LogP contribution >= 0.6 is 0 Å². The van der Waals surface area contributed by atoms with Crippen molar-refractivity contribution in [1.29, 1.82) is 0 Å². The van der Waals surface area contributed by atoms with Gasteiger partial charge in [-0.25, -0.2) is 44.7 Å². The highest BCUT2D eigenvalue weighted by atomic mass is 19.2. The van der Waals surface area contributed by atoms with Gasteiger partial charge in [-0.2, -0.15) is 0 Å². The van der Waals surface area contributed by atoms with E-state index in [1.54, 1.807) is 0 Å². The minimum Gasteiger partial charge on any atom is -0.473 e. The van der Waals surface area contributed by atoms with E-state index < -0.39 is 70.3 Å². The van der Waals surface area contributed by atoms with E-state index in [1.165, 1.54) is 0 Å². The van der Waals surface area contributed by atoms with Crippen molar-refractivity contribution in [1.82, 2.24) is 9.80 Å². The van der Waals surface area contributed by atoms with Gasteiger partial charge >= 0.3 is 11.9 Å². The molecule has 2 aromatic carbocycles. The van der Waals surface area contributed by atoms with Crippen LogP contribution in [0.15, 0.2) is 24.3 Å². The van der Waals surface area contributed by atoms with Gasteiger partial charge in [-0.05, 0) is 25.2 Å². The topological polar surface area (TPSA) is 81.1 Å². The number of likely N-dealkylation sites (tertiary alicyclic amines) is 2. The average molecular weight is 585 g/mol. The number of hydrogen-bond donors (Lipinski definition) is 2. The second kappa shape index (κ2) is 14.4. The zero-order chi connectivity index (χ0) is 30.3. The highest BCUT2D eigenvalue weighted by Gasteiger charge is 2.36. The molecule has 2 N–H and O–H groups in total. The van der Waals surface area contributed by atoms with Gasteiger partial charge in [-0.15, -0.1) is 0 Å². The van der Waals surface area contributed by atoms with Gasteiger partial charge < -0.3 is 20.0 Å². The van der Waals surface area contributed by atoms with Gasteiger partial charge in [-0.1, -0.05) is 13.8 Å². The first-order valence-electron chi connectivity index (χ1n) is 12.2. The Kier molecular flexibility index (Phi) is 11.9. The Hall–Kier alpha value is -3.26. The lowest BCUT2D eigenvalue weighted by Gasteiger charge is -2.40. The van der Waals surface area contributed by atoms with Crippen LogP contribution in [-0.4, -0.2) is 71.2 Å². The number of carbonyl (C=O) groups is 2. The molecule has 0 bridgehead atoms. The number of benzene rings is 2. The Morgan fingerprint density at radius 3 is 1.25 bits per heavy atom. The van der Waals surface area contributed by atoms with Crippen molar-refractivity contribution in [2.24, 2.45) is 11.8 Å². The molecule has 6 nitrogen and oxygen atoms in total. The molecule has 0 saturated carbocycles. The van der Waals surface area contributed by atoms with E-state index in [1.807, 2.05) is 23.6 Å². The van der Waals surface area contributed by atoms with Crippen molar-refractivity contribution in [2.75, 3.05) is 39.3 Å². The molecule has 2 aliphatic rings. The molecular weight excluding hydrogens is 556 g/mol. The highest BCUT2D eigenvalue weighted by Crippen LogP contribution is 2.36. The lowest BCUT2D eigenvalue weighted by Crippen LogP contribution is -2.48. The molecule has 0 aromatic heterocycles. The first kappa shape index (κ1) is 32.9. The molecule has 2 heterocycles. The molecule has 0 spiro atoms. The van der Waals surface area contributed by atoms with E-state index >= 15 is 0 Å². The van der Waals surface area contributed by atoms with Crippen LogP contribution in [0.2, 0.25) is 0 Å². The summed E-state index contributed by atoms with van der Waals surface area (Å²) in [5, 5.41) is 14.8. The van der Waals surface area contributed by atoms with E-state index in [0.29, 0.717) is 38.3 Å². The van der Waals surface area contributed by atoms with Crippen LogP contribution in [0.1, 0.15) is 37.3 Å². The van der Waals surface area contributed by atoms with Crippen molar-refractivity contribution in [3.63, 3.8) is 0 Å². The van der Waals surface area contributed by atoms with E-state index in [-0.39, 0.29) is 11.8 Å². The fourth-order valence-electron chi connectivity index (χ4n) is 4.17. The van der Waals surface area contributed by atoms with Crippen molar-refractivity contribution in [3.05, 3.63) is 70.3 Å². The van der Waals surface area contributed by atoms with Gasteiger partial charge in [0.2, 0.25) is 0 Å². The lowest BCUT2D eigenvalue weighted by molar-refractivity contribution is -0.159. The number of nitrogens with zero attached hydrogens (tertiary/aromatic N) is 2. The molecule has 0 amide bonds. The van der Waals surface area contributed by atoms with Crippen LogP contribution in [0.4, 0.5) is 35.1 Å². The Labute approximate surface area is 224 Å². The molecule has 2 aliphatic heterocycles. The maximum atomic E-state index is 13.9. The molecule has 4 rings (SSSR count). The monoisotopic (exact) mass is 584 g/mol. The lowest BCUT2D eigenvalue weighted by atomic mass is 9.90. The SMILES string of the molecule is CCN1CC(C(F)c2cc(F)cc(F)c2F)C1.CCN1CC(C(F)c2cc(F)cc(F)c2F)C1.O=C(O)C(=O)O. The van der Waals surface area contributed by atoms with Gasteiger partial charge in [0.15, 0.2) is 23.3 Å². The molecule has 0 aliphatic carbocycles. The summed E-state index contributed by atoms with van der Waals surface area (Å²) in [5.41, 5.74) is -1.02. The summed E-state index contributed by atoms with van der Waals surface area (Å²) in [5.74, 6) is -11.6. The first-order valence-corrected chi connectivity index (χ1v) is 12.2. The van der Waals surface area contributed by atoms with Crippen LogP contribution < -0.4 is 0 Å². The predicted octanol–water partition coefficient (Wildman–Crippen LogP) is 5.29. The van der Waals surface area contributed by atoms with Gasteiger partial charge in [-0.3, -0.25) is 0 Å². The first-order chi connectivity index (χ1) is 18.7. The Balaban J connectivity index is 0.000000234. The average Bonchev–Trinajstić information content (AvgIpc) is 2.82. The molecule has 2 fully saturated rings. The second-order valence-electron chi connectivity index (χ2n) is 9.22. The molecule has 2 aromatic rings. The fourth-order valence-corrected chi connectivity index (χ4v) is 4.17. The molecule has 14 heteroatoms. The number of halogens is 8. The van der Waals surface area contributed by atoms with E-state index in [4.69, 9.17) is 19.8 Å². The molecule has 2 saturated heterocycles. The number of hydrogen-bond acceptors (Lipinski definition) is 4. The number of carboxylic acids is 2. The summed E-state index contributed by atoms with van der Waals surface area (Å²) >= 11 is 0. The molecule has 2 atom stereocenters. The Morgan fingerprint density at radius 1 is 0.700 bits per heavy atom. The van der Waals surface area contributed by atoms with E-state index in [2.05, 4.69) is 0 Å². The van der Waals surface area contributed by atoms with Crippen molar-refractivity contribution in [3.8, 4) is 0 Å². The van der Waals surface area contributed by atoms with E-state index in [9.17, 15) is 35.1 Å².